The van der Waals surface area contributed by atoms with E-state index in [4.69, 9.17) is 0 Å². The molecule has 0 aliphatic heterocycles. The van der Waals surface area contributed by atoms with Gasteiger partial charge < -0.3 is 10.2 Å². The van der Waals surface area contributed by atoms with Crippen molar-refractivity contribution in [3.63, 3.8) is 0 Å². The summed E-state index contributed by atoms with van der Waals surface area (Å²) in [5.41, 5.74) is 2.97. The zero-order chi connectivity index (χ0) is 13.7. The molecule has 2 aromatic rings. The zero-order valence-electron chi connectivity index (χ0n) is 11.6. The van der Waals surface area contributed by atoms with Gasteiger partial charge in [0, 0.05) is 30.0 Å². The van der Waals surface area contributed by atoms with Gasteiger partial charge in [0.05, 0.1) is 17.7 Å². The van der Waals surface area contributed by atoms with Crippen molar-refractivity contribution < 1.29 is 0 Å². The van der Waals surface area contributed by atoms with Crippen LogP contribution >= 0.6 is 22.7 Å². The molecule has 0 radical (unpaired) electrons. The first kappa shape index (κ1) is 14.4. The number of rotatable bonds is 7. The Morgan fingerprint density at radius 3 is 2.89 bits per heavy atom. The summed E-state index contributed by atoms with van der Waals surface area (Å²) >= 11 is 3.37. The highest BCUT2D eigenvalue weighted by Crippen LogP contribution is 2.22. The lowest BCUT2D eigenvalue weighted by molar-refractivity contribution is 0.554. The molecule has 0 amide bonds. The van der Waals surface area contributed by atoms with E-state index in [0.717, 1.165) is 30.5 Å². The van der Waals surface area contributed by atoms with Crippen molar-refractivity contribution in [2.75, 3.05) is 18.5 Å². The molecular weight excluding hydrogens is 276 g/mol. The van der Waals surface area contributed by atoms with Crippen LogP contribution < -0.4 is 10.2 Å². The zero-order valence-corrected chi connectivity index (χ0v) is 13.2. The smallest absolute Gasteiger partial charge is 0.185 e. The van der Waals surface area contributed by atoms with Crippen LogP contribution in [0.25, 0.3) is 0 Å². The lowest BCUT2D eigenvalue weighted by Gasteiger charge is -2.13. The van der Waals surface area contributed by atoms with Crippen molar-refractivity contribution >= 4 is 27.8 Å². The molecule has 104 valence electrons. The van der Waals surface area contributed by atoms with Crippen molar-refractivity contribution in [1.29, 1.82) is 0 Å². The highest BCUT2D eigenvalue weighted by molar-refractivity contribution is 7.15. The minimum Gasteiger partial charge on any atom is -0.345 e. The van der Waals surface area contributed by atoms with E-state index in [2.05, 4.69) is 46.5 Å². The second-order valence-corrected chi connectivity index (χ2v) is 6.78. The molecule has 0 atom stereocenters. The molecule has 0 aliphatic carbocycles. The van der Waals surface area contributed by atoms with Gasteiger partial charge in [-0.25, -0.2) is 9.97 Å². The van der Waals surface area contributed by atoms with Crippen LogP contribution in [0.3, 0.4) is 0 Å². The first-order chi connectivity index (χ1) is 9.15. The van der Waals surface area contributed by atoms with Gasteiger partial charge >= 0.3 is 0 Å². The summed E-state index contributed by atoms with van der Waals surface area (Å²) in [6, 6.07) is 0. The van der Waals surface area contributed by atoms with Crippen LogP contribution in [0.2, 0.25) is 0 Å². The lowest BCUT2D eigenvalue weighted by atomic mass is 10.2. The van der Waals surface area contributed by atoms with E-state index in [1.807, 2.05) is 11.7 Å². The van der Waals surface area contributed by atoms with E-state index in [1.165, 1.54) is 4.88 Å². The molecule has 0 fully saturated rings. The van der Waals surface area contributed by atoms with E-state index in [-0.39, 0.29) is 0 Å². The van der Waals surface area contributed by atoms with E-state index < -0.39 is 0 Å². The molecule has 0 aromatic carbocycles. The summed E-state index contributed by atoms with van der Waals surface area (Å²) < 4.78 is 0. The Hall–Kier alpha value is -0.980. The van der Waals surface area contributed by atoms with Crippen LogP contribution in [0, 0.1) is 5.92 Å². The van der Waals surface area contributed by atoms with E-state index in [0.29, 0.717) is 5.92 Å². The Kier molecular flexibility index (Phi) is 5.30. The van der Waals surface area contributed by atoms with Crippen LogP contribution in [0.4, 0.5) is 5.13 Å². The number of anilines is 1. The van der Waals surface area contributed by atoms with E-state index >= 15 is 0 Å². The normalized spacial score (nSPS) is 11.2. The molecule has 0 saturated heterocycles. The fourth-order valence-corrected chi connectivity index (χ4v) is 3.06. The monoisotopic (exact) mass is 296 g/mol. The Morgan fingerprint density at radius 2 is 2.21 bits per heavy atom. The minimum absolute atomic E-state index is 0.680. The second kappa shape index (κ2) is 6.98. The Bertz CT molecular complexity index is 479. The molecule has 2 rings (SSSR count). The van der Waals surface area contributed by atoms with Gasteiger partial charge in [0.15, 0.2) is 5.13 Å². The molecule has 0 saturated carbocycles. The molecule has 0 spiro atoms. The maximum atomic E-state index is 4.47. The summed E-state index contributed by atoms with van der Waals surface area (Å²) in [5.74, 6) is 0.680. The summed E-state index contributed by atoms with van der Waals surface area (Å²) in [7, 11) is 2.06. The Morgan fingerprint density at radius 1 is 1.37 bits per heavy atom. The third-order valence-corrected chi connectivity index (χ3v) is 4.35. The van der Waals surface area contributed by atoms with Gasteiger partial charge in [-0.2, -0.15) is 0 Å². The van der Waals surface area contributed by atoms with Gasteiger partial charge in [0.1, 0.15) is 0 Å². The average molecular weight is 296 g/mol. The third kappa shape index (κ3) is 4.56. The maximum Gasteiger partial charge on any atom is 0.185 e. The third-order valence-electron chi connectivity index (χ3n) is 2.60. The number of hydrogen-bond donors (Lipinski definition) is 1. The van der Waals surface area contributed by atoms with E-state index in [1.54, 1.807) is 22.7 Å². The summed E-state index contributed by atoms with van der Waals surface area (Å²) in [4.78, 5) is 12.2. The molecule has 0 bridgehead atoms. The summed E-state index contributed by atoms with van der Waals surface area (Å²) in [6.45, 7) is 7.19. The second-order valence-electron chi connectivity index (χ2n) is 4.97. The van der Waals surface area contributed by atoms with Crippen molar-refractivity contribution in [1.82, 2.24) is 15.3 Å². The van der Waals surface area contributed by atoms with Crippen LogP contribution in [-0.4, -0.2) is 23.6 Å². The summed E-state index contributed by atoms with van der Waals surface area (Å²) in [6.07, 6.45) is 1.96. The topological polar surface area (TPSA) is 41.1 Å². The predicted molar refractivity (Wildman–Crippen MR) is 82.9 cm³/mol. The molecule has 0 aliphatic rings. The minimum atomic E-state index is 0.680. The predicted octanol–water partition coefficient (Wildman–Crippen LogP) is 2.98. The Labute approximate surface area is 122 Å². The maximum absolute atomic E-state index is 4.47. The quantitative estimate of drug-likeness (QED) is 0.853. The van der Waals surface area contributed by atoms with Gasteiger partial charge in [0.2, 0.25) is 0 Å². The molecule has 0 unspecified atom stereocenters. The van der Waals surface area contributed by atoms with E-state index in [9.17, 15) is 0 Å². The van der Waals surface area contributed by atoms with Gasteiger partial charge in [-0.1, -0.05) is 13.8 Å². The number of aromatic nitrogens is 2. The fourth-order valence-electron chi connectivity index (χ4n) is 1.67. The van der Waals surface area contributed by atoms with Gasteiger partial charge in [-0.15, -0.1) is 22.7 Å². The molecule has 2 aromatic heterocycles. The lowest BCUT2D eigenvalue weighted by Crippen LogP contribution is -2.18. The molecule has 4 nitrogen and oxygen atoms in total. The van der Waals surface area contributed by atoms with Gasteiger partial charge in [-0.3, -0.25) is 0 Å². The van der Waals surface area contributed by atoms with Crippen molar-refractivity contribution in [3.05, 3.63) is 27.7 Å². The van der Waals surface area contributed by atoms with Crippen molar-refractivity contribution in [2.24, 2.45) is 5.92 Å². The highest BCUT2D eigenvalue weighted by Gasteiger charge is 2.08. The first-order valence-corrected chi connectivity index (χ1v) is 8.14. The molecule has 2 heterocycles. The number of nitrogens with one attached hydrogen (secondary N) is 1. The number of thiazole rings is 2. The van der Waals surface area contributed by atoms with Gasteiger partial charge in [-0.05, 0) is 12.5 Å². The first-order valence-electron chi connectivity index (χ1n) is 6.38. The standard InChI is InChI=1S/C13H20N4S2/c1-10(2)4-14-5-12-6-15-13(19-12)17(3)7-11-8-18-9-16-11/h6,8-10,14H,4-5,7H2,1-3H3. The number of hydrogen-bond acceptors (Lipinski definition) is 6. The number of nitrogens with zero attached hydrogens (tertiary/aromatic N) is 3. The van der Waals surface area contributed by atoms with Crippen LogP contribution in [-0.2, 0) is 13.1 Å². The molecular formula is C13H20N4S2. The molecule has 1 N–H and O–H groups in total. The molecule has 19 heavy (non-hydrogen) atoms. The average Bonchev–Trinajstić information content (AvgIpc) is 2.99. The molecule has 6 heteroatoms. The SMILES string of the molecule is CC(C)CNCc1cnc(N(C)Cc2cscn2)s1. The van der Waals surface area contributed by atoms with Crippen molar-refractivity contribution in [3.8, 4) is 0 Å². The van der Waals surface area contributed by atoms with Crippen LogP contribution in [0.1, 0.15) is 24.4 Å². The Balaban J connectivity index is 1.85. The van der Waals surface area contributed by atoms with Crippen LogP contribution in [0.15, 0.2) is 17.1 Å². The van der Waals surface area contributed by atoms with Crippen LogP contribution in [0.5, 0.6) is 0 Å². The van der Waals surface area contributed by atoms with Gasteiger partial charge in [0.25, 0.3) is 0 Å². The van der Waals surface area contributed by atoms with Crippen molar-refractivity contribution in [2.45, 2.75) is 26.9 Å². The fraction of sp³-hybridized carbons (Fsp3) is 0.538. The highest BCUT2D eigenvalue weighted by atomic mass is 32.1. The largest absolute Gasteiger partial charge is 0.345 e. The summed E-state index contributed by atoms with van der Waals surface area (Å²) in [5, 5.41) is 6.57.